The molecule has 1 aromatic heterocycles. The van der Waals surface area contributed by atoms with E-state index in [-0.39, 0.29) is 10.4 Å². The zero-order chi connectivity index (χ0) is 33.8. The molecule has 48 heavy (non-hydrogen) atoms. The number of amides is 1. The topological polar surface area (TPSA) is 137 Å². The van der Waals surface area contributed by atoms with Gasteiger partial charge in [-0.1, -0.05) is 12.2 Å². The minimum Gasteiger partial charge on any atom is -0.497 e. The summed E-state index contributed by atoms with van der Waals surface area (Å²) in [6.07, 6.45) is 8.53. The van der Waals surface area contributed by atoms with E-state index in [9.17, 15) is 13.7 Å². The molecule has 5 heterocycles. The largest absolute Gasteiger partial charge is 0.497 e. The number of nitrogens with zero attached hydrogens (tertiary/aromatic N) is 5. The third-order valence-electron chi connectivity index (χ3n) is 10.7. The maximum atomic E-state index is 15.4. The Bertz CT molecular complexity index is 1790. The highest BCUT2D eigenvalue weighted by Gasteiger charge is 2.70. The van der Waals surface area contributed by atoms with Gasteiger partial charge in [0.15, 0.2) is 5.03 Å². The number of nitriles is 1. The van der Waals surface area contributed by atoms with E-state index in [1.54, 1.807) is 43.5 Å². The van der Waals surface area contributed by atoms with Crippen LogP contribution in [0.5, 0.6) is 17.2 Å². The van der Waals surface area contributed by atoms with Crippen molar-refractivity contribution in [1.29, 1.82) is 5.26 Å². The number of carbonyl (C=O) groups excluding carboxylic acids is 1. The number of fused-ring (bicyclic) bond motifs is 1. The van der Waals surface area contributed by atoms with Crippen LogP contribution in [0.2, 0.25) is 0 Å². The van der Waals surface area contributed by atoms with Crippen molar-refractivity contribution >= 4 is 15.9 Å². The third kappa shape index (κ3) is 5.00. The minimum absolute atomic E-state index is 0.0162. The predicted octanol–water partition coefficient (Wildman–Crippen LogP) is 2.69. The first-order valence-electron chi connectivity index (χ1n) is 16.5. The number of carbonyl (C=O) groups is 1. The van der Waals surface area contributed by atoms with Crippen LogP contribution in [0.1, 0.15) is 32.3 Å². The number of hydrogen-bond acceptors (Lipinski definition) is 11. The van der Waals surface area contributed by atoms with Gasteiger partial charge in [-0.05, 0) is 69.6 Å². The normalized spacial score (nSPS) is 29.8. The summed E-state index contributed by atoms with van der Waals surface area (Å²) in [6, 6.07) is 10.5. The van der Waals surface area contributed by atoms with Gasteiger partial charge < -0.3 is 19.5 Å². The zero-order valence-corrected chi connectivity index (χ0v) is 28.6. The number of allylic oxidation sites excluding steroid dienone is 2. The van der Waals surface area contributed by atoms with Crippen molar-refractivity contribution in [2.24, 2.45) is 11.3 Å². The summed E-state index contributed by atoms with van der Waals surface area (Å²) >= 11 is 0. The van der Waals surface area contributed by atoms with Gasteiger partial charge in [0.1, 0.15) is 22.8 Å². The van der Waals surface area contributed by atoms with E-state index in [4.69, 9.17) is 14.2 Å². The molecule has 254 valence electrons. The smallest absolute Gasteiger partial charge is 0.284 e. The van der Waals surface area contributed by atoms with Gasteiger partial charge in [-0.2, -0.15) is 13.7 Å². The molecule has 4 aliphatic heterocycles. The summed E-state index contributed by atoms with van der Waals surface area (Å²) in [5, 5.41) is 13.3. The van der Waals surface area contributed by atoms with E-state index in [1.807, 2.05) is 6.92 Å². The van der Waals surface area contributed by atoms with E-state index in [0.29, 0.717) is 60.2 Å². The second-order valence-corrected chi connectivity index (χ2v) is 15.4. The molecule has 5 atom stereocenters. The number of likely N-dealkylation sites (tertiary alicyclic amines) is 2. The molecule has 5 aliphatic rings. The van der Waals surface area contributed by atoms with Crippen LogP contribution >= 0.6 is 0 Å². The fourth-order valence-corrected chi connectivity index (χ4v) is 10.0. The molecule has 4 saturated heterocycles. The second-order valence-electron chi connectivity index (χ2n) is 13.6. The van der Waals surface area contributed by atoms with Crippen LogP contribution < -0.4 is 19.5 Å². The van der Waals surface area contributed by atoms with Crippen LogP contribution in [0.3, 0.4) is 0 Å². The maximum absolute atomic E-state index is 15.4. The molecular formula is C35H42N6O6S. The highest BCUT2D eigenvalue weighted by atomic mass is 32.2. The van der Waals surface area contributed by atoms with Gasteiger partial charge in [0, 0.05) is 60.7 Å². The number of benzene rings is 1. The Balaban J connectivity index is 1.34. The summed E-state index contributed by atoms with van der Waals surface area (Å²) in [6.45, 7) is 8.47. The van der Waals surface area contributed by atoms with Crippen LogP contribution in [0.4, 0.5) is 0 Å². The predicted molar refractivity (Wildman–Crippen MR) is 177 cm³/mol. The Kier molecular flexibility index (Phi) is 8.26. The molecule has 1 aliphatic carbocycles. The first kappa shape index (κ1) is 32.6. The minimum atomic E-state index is -4.45. The quantitative estimate of drug-likeness (QED) is 0.421. The number of ether oxygens (including phenoxy) is 3. The SMILES string of the molecule is CCOc1ccc(OC)cc1C1(N2CC3(CN(C4CCNC(C)C4)C3)C2)C(=O)N(S(=O)(=O)c2ccc(OC)cn2)C2C=CC(C#N)=CC21. The molecule has 2 aromatic rings. The number of hydrogen-bond donors (Lipinski definition) is 1. The van der Waals surface area contributed by atoms with Crippen molar-refractivity contribution < 1.29 is 27.4 Å². The zero-order valence-electron chi connectivity index (χ0n) is 27.8. The third-order valence-corrected chi connectivity index (χ3v) is 12.4. The van der Waals surface area contributed by atoms with Crippen molar-refractivity contribution in [3.05, 3.63) is 65.9 Å². The average molecular weight is 675 g/mol. The van der Waals surface area contributed by atoms with Crippen LogP contribution in [0.25, 0.3) is 0 Å². The van der Waals surface area contributed by atoms with E-state index in [1.165, 1.54) is 25.4 Å². The maximum Gasteiger partial charge on any atom is 0.284 e. The molecule has 7 rings (SSSR count). The standard InChI is InChI=1S/C35H42N6O6S/c1-5-47-31-10-7-26(45-3)16-29(31)35(40-21-34(22-40)19-39(20-34)25-12-13-37-23(2)14-25)28-15-24(17-36)6-9-30(28)41(33(35)42)48(43,44)32-11-8-27(46-4)18-38-32/h6-11,15-16,18,23,25,28,30,37H,5,12-14,19-22H2,1-4H3. The molecular weight excluding hydrogens is 632 g/mol. The molecule has 1 spiro atoms. The van der Waals surface area contributed by atoms with Crippen LogP contribution in [0, 0.1) is 22.7 Å². The Morgan fingerprint density at radius 2 is 1.85 bits per heavy atom. The van der Waals surface area contributed by atoms with Gasteiger partial charge in [-0.25, -0.2) is 9.29 Å². The molecule has 0 bridgehead atoms. The number of pyridine rings is 1. The number of piperidine rings is 1. The highest BCUT2D eigenvalue weighted by Crippen LogP contribution is 2.58. The lowest BCUT2D eigenvalue weighted by Gasteiger charge is -2.66. The molecule has 0 saturated carbocycles. The van der Waals surface area contributed by atoms with E-state index < -0.39 is 33.4 Å². The van der Waals surface area contributed by atoms with E-state index in [2.05, 4.69) is 33.1 Å². The molecule has 1 N–H and O–H groups in total. The number of nitrogens with one attached hydrogen (secondary N) is 1. The lowest BCUT2D eigenvalue weighted by Crippen LogP contribution is -2.78. The molecule has 5 unspecified atom stereocenters. The van der Waals surface area contributed by atoms with Crippen molar-refractivity contribution in [3.63, 3.8) is 0 Å². The number of sulfonamides is 1. The summed E-state index contributed by atoms with van der Waals surface area (Å²) in [5.74, 6) is 0.0281. The molecule has 4 fully saturated rings. The fraction of sp³-hybridized carbons (Fsp3) is 0.514. The summed E-state index contributed by atoms with van der Waals surface area (Å²) in [7, 11) is -1.43. The summed E-state index contributed by atoms with van der Waals surface area (Å²) < 4.78 is 46.9. The molecule has 0 radical (unpaired) electrons. The van der Waals surface area contributed by atoms with Gasteiger partial charge in [0.05, 0.1) is 39.1 Å². The number of rotatable bonds is 9. The van der Waals surface area contributed by atoms with Crippen LogP contribution in [0.15, 0.2) is 65.4 Å². The second kappa shape index (κ2) is 12.2. The van der Waals surface area contributed by atoms with Gasteiger partial charge in [-0.3, -0.25) is 14.6 Å². The Hall–Kier alpha value is -3.96. The van der Waals surface area contributed by atoms with Crippen molar-refractivity contribution in [1.82, 2.24) is 24.4 Å². The summed E-state index contributed by atoms with van der Waals surface area (Å²) in [4.78, 5) is 24.2. The Morgan fingerprint density at radius 1 is 1.10 bits per heavy atom. The monoisotopic (exact) mass is 674 g/mol. The van der Waals surface area contributed by atoms with Gasteiger partial charge in [0.2, 0.25) is 0 Å². The van der Waals surface area contributed by atoms with Crippen molar-refractivity contribution in [2.45, 2.75) is 55.4 Å². The van der Waals surface area contributed by atoms with Gasteiger partial charge in [0.25, 0.3) is 15.9 Å². The first-order valence-corrected chi connectivity index (χ1v) is 18.0. The lowest BCUT2D eigenvalue weighted by molar-refractivity contribution is -0.181. The molecule has 1 amide bonds. The molecule has 12 nitrogen and oxygen atoms in total. The van der Waals surface area contributed by atoms with Crippen LogP contribution in [-0.2, 0) is 20.4 Å². The Labute approximate surface area is 282 Å². The van der Waals surface area contributed by atoms with Gasteiger partial charge >= 0.3 is 0 Å². The highest BCUT2D eigenvalue weighted by molar-refractivity contribution is 7.89. The van der Waals surface area contributed by atoms with E-state index >= 15 is 4.79 Å². The number of methoxy groups -OCH3 is 2. The van der Waals surface area contributed by atoms with E-state index in [0.717, 1.165) is 36.8 Å². The first-order chi connectivity index (χ1) is 23.1. The van der Waals surface area contributed by atoms with Crippen LogP contribution in [-0.4, -0.2) is 105 Å². The summed E-state index contributed by atoms with van der Waals surface area (Å²) in [5.41, 5.74) is -0.643. The number of aromatic nitrogens is 1. The molecule has 13 heteroatoms. The fourth-order valence-electron chi connectivity index (χ4n) is 8.54. The lowest BCUT2D eigenvalue weighted by atomic mass is 9.65. The Morgan fingerprint density at radius 3 is 2.50 bits per heavy atom. The molecule has 1 aromatic carbocycles. The van der Waals surface area contributed by atoms with Crippen molar-refractivity contribution in [3.8, 4) is 23.3 Å². The van der Waals surface area contributed by atoms with Gasteiger partial charge in [-0.15, -0.1) is 0 Å². The van der Waals surface area contributed by atoms with Crippen molar-refractivity contribution in [2.75, 3.05) is 53.6 Å². The average Bonchev–Trinajstić information content (AvgIpc) is 3.32.